The van der Waals surface area contributed by atoms with Gasteiger partial charge in [0.15, 0.2) is 5.82 Å². The van der Waals surface area contributed by atoms with Crippen molar-refractivity contribution < 1.29 is 14.4 Å². The molecule has 0 aliphatic heterocycles. The van der Waals surface area contributed by atoms with Gasteiger partial charge in [0.1, 0.15) is 23.2 Å². The highest BCUT2D eigenvalue weighted by Gasteiger charge is 2.11. The lowest BCUT2D eigenvalue weighted by molar-refractivity contribution is -0.112. The van der Waals surface area contributed by atoms with E-state index in [0.29, 0.717) is 11.6 Å². The summed E-state index contributed by atoms with van der Waals surface area (Å²) in [5, 5.41) is 27.4. The molecule has 2 rings (SSSR count). The lowest BCUT2D eigenvalue weighted by Gasteiger charge is -2.05. The second-order valence-electron chi connectivity index (χ2n) is 4.11. The predicted octanol–water partition coefficient (Wildman–Crippen LogP) is 2.15. The molecule has 0 unspecified atom stereocenters. The standard InChI is InChI=1S/C14H12N4O3/c1-9-6-13(18-21-9)16-8-10(7-15)14(20)17-11-4-2-3-5-12(11)19/h2-6,8,19H,1H3,(H,16,18)(H,17,20)/b10-8-. The highest BCUT2D eigenvalue weighted by Crippen LogP contribution is 2.22. The third-order valence-electron chi connectivity index (χ3n) is 2.51. The summed E-state index contributed by atoms with van der Waals surface area (Å²) in [5.74, 6) is 0.258. The number of nitrogens with zero attached hydrogens (tertiary/aromatic N) is 2. The second-order valence-corrected chi connectivity index (χ2v) is 4.11. The number of carbonyl (C=O) groups excluding carboxylic acids is 1. The minimum Gasteiger partial charge on any atom is -0.506 e. The molecule has 0 spiro atoms. The number of rotatable bonds is 4. The monoisotopic (exact) mass is 284 g/mol. The van der Waals surface area contributed by atoms with Crippen molar-refractivity contribution in [3.63, 3.8) is 0 Å². The third-order valence-corrected chi connectivity index (χ3v) is 2.51. The number of phenolic OH excluding ortho intramolecular Hbond substituents is 1. The van der Waals surface area contributed by atoms with Crippen molar-refractivity contribution in [2.24, 2.45) is 0 Å². The van der Waals surface area contributed by atoms with E-state index in [-0.39, 0.29) is 17.0 Å². The van der Waals surface area contributed by atoms with Gasteiger partial charge in [0.2, 0.25) is 0 Å². The molecule has 7 heteroatoms. The van der Waals surface area contributed by atoms with Crippen LogP contribution in [0.15, 0.2) is 46.6 Å². The Labute approximate surface area is 120 Å². The minimum absolute atomic E-state index is 0.0803. The maximum Gasteiger partial charge on any atom is 0.267 e. The first-order valence-electron chi connectivity index (χ1n) is 5.99. The second kappa shape index (κ2) is 6.25. The van der Waals surface area contributed by atoms with Gasteiger partial charge in [-0.25, -0.2) is 0 Å². The zero-order valence-electron chi connectivity index (χ0n) is 11.1. The van der Waals surface area contributed by atoms with Crippen LogP contribution < -0.4 is 10.6 Å². The number of nitrogens with one attached hydrogen (secondary N) is 2. The normalized spacial score (nSPS) is 10.8. The predicted molar refractivity (Wildman–Crippen MR) is 75.3 cm³/mol. The van der Waals surface area contributed by atoms with Gasteiger partial charge in [-0.1, -0.05) is 17.3 Å². The van der Waals surface area contributed by atoms with E-state index in [2.05, 4.69) is 15.8 Å². The van der Waals surface area contributed by atoms with Crippen LogP contribution in [0.4, 0.5) is 11.5 Å². The molecule has 0 radical (unpaired) electrons. The molecule has 0 aliphatic carbocycles. The number of anilines is 2. The Morgan fingerprint density at radius 3 is 2.86 bits per heavy atom. The molecule has 7 nitrogen and oxygen atoms in total. The summed E-state index contributed by atoms with van der Waals surface area (Å²) >= 11 is 0. The van der Waals surface area contributed by atoms with Crippen molar-refractivity contribution in [1.82, 2.24) is 5.16 Å². The fourth-order valence-electron chi connectivity index (χ4n) is 1.50. The van der Waals surface area contributed by atoms with Gasteiger partial charge in [0.05, 0.1) is 5.69 Å². The van der Waals surface area contributed by atoms with Crippen molar-refractivity contribution >= 4 is 17.4 Å². The molecule has 1 aromatic heterocycles. The fourth-order valence-corrected chi connectivity index (χ4v) is 1.50. The number of aromatic nitrogens is 1. The number of aromatic hydroxyl groups is 1. The molecule has 0 aliphatic rings. The van der Waals surface area contributed by atoms with E-state index >= 15 is 0 Å². The Bertz CT molecular complexity index is 728. The molecule has 1 amide bonds. The molecule has 1 aromatic carbocycles. The molecular formula is C14H12N4O3. The smallest absolute Gasteiger partial charge is 0.267 e. The highest BCUT2D eigenvalue weighted by atomic mass is 16.5. The Balaban J connectivity index is 2.08. The van der Waals surface area contributed by atoms with Crippen molar-refractivity contribution in [1.29, 1.82) is 5.26 Å². The van der Waals surface area contributed by atoms with Crippen LogP contribution >= 0.6 is 0 Å². The molecule has 0 bridgehead atoms. The van der Waals surface area contributed by atoms with Gasteiger partial charge >= 0.3 is 0 Å². The Hall–Kier alpha value is -3.27. The Morgan fingerprint density at radius 2 is 2.24 bits per heavy atom. The lowest BCUT2D eigenvalue weighted by atomic mass is 10.2. The molecule has 0 saturated carbocycles. The molecule has 0 atom stereocenters. The van der Waals surface area contributed by atoms with Crippen molar-refractivity contribution in [2.75, 3.05) is 10.6 Å². The Kier molecular flexibility index (Phi) is 4.21. The number of amides is 1. The Morgan fingerprint density at radius 1 is 1.48 bits per heavy atom. The summed E-state index contributed by atoms with van der Waals surface area (Å²) in [5.41, 5.74) is 0.0554. The third kappa shape index (κ3) is 3.61. The summed E-state index contributed by atoms with van der Waals surface area (Å²) < 4.78 is 4.84. The number of hydrogen-bond donors (Lipinski definition) is 3. The van der Waals surface area contributed by atoms with Gasteiger partial charge < -0.3 is 20.3 Å². The summed E-state index contributed by atoms with van der Waals surface area (Å²) in [7, 11) is 0. The molecule has 0 saturated heterocycles. The average molecular weight is 284 g/mol. The number of benzene rings is 1. The van der Waals surface area contributed by atoms with Crippen LogP contribution in [-0.2, 0) is 4.79 Å². The maximum absolute atomic E-state index is 11.9. The maximum atomic E-state index is 11.9. The SMILES string of the molecule is Cc1cc(N/C=C(/C#N)C(=O)Nc2ccccc2O)no1. The van der Waals surface area contributed by atoms with Crippen LogP contribution in [0.5, 0.6) is 5.75 Å². The van der Waals surface area contributed by atoms with Gasteiger partial charge in [-0.3, -0.25) is 4.79 Å². The van der Waals surface area contributed by atoms with E-state index in [0.717, 1.165) is 0 Å². The summed E-state index contributed by atoms with van der Waals surface area (Å²) in [6.45, 7) is 1.72. The zero-order chi connectivity index (χ0) is 15.2. The van der Waals surface area contributed by atoms with E-state index in [1.54, 1.807) is 31.2 Å². The minimum atomic E-state index is -0.647. The number of para-hydroxylation sites is 2. The van der Waals surface area contributed by atoms with E-state index < -0.39 is 5.91 Å². The molecule has 106 valence electrons. The number of hydrogen-bond acceptors (Lipinski definition) is 6. The van der Waals surface area contributed by atoms with Gasteiger partial charge in [0.25, 0.3) is 5.91 Å². The molecule has 1 heterocycles. The number of carbonyl (C=O) groups is 1. The number of phenols is 1. The van der Waals surface area contributed by atoms with Crippen molar-refractivity contribution in [3.8, 4) is 11.8 Å². The summed E-state index contributed by atoms with van der Waals surface area (Å²) in [4.78, 5) is 11.9. The molecule has 2 aromatic rings. The van der Waals surface area contributed by atoms with E-state index in [9.17, 15) is 9.90 Å². The quantitative estimate of drug-likeness (QED) is 0.450. The average Bonchev–Trinajstić information content (AvgIpc) is 2.88. The van der Waals surface area contributed by atoms with Gasteiger partial charge in [-0.15, -0.1) is 0 Å². The van der Waals surface area contributed by atoms with Gasteiger partial charge in [-0.05, 0) is 19.1 Å². The summed E-state index contributed by atoms with van der Waals surface area (Å²) in [6.07, 6.45) is 1.21. The summed E-state index contributed by atoms with van der Waals surface area (Å²) in [6, 6.07) is 9.62. The van der Waals surface area contributed by atoms with Crippen LogP contribution in [0.1, 0.15) is 5.76 Å². The fraction of sp³-hybridized carbons (Fsp3) is 0.0714. The largest absolute Gasteiger partial charge is 0.506 e. The van der Waals surface area contributed by atoms with Crippen LogP contribution in [-0.4, -0.2) is 16.2 Å². The number of aryl methyl sites for hydroxylation is 1. The lowest BCUT2D eigenvalue weighted by Crippen LogP contribution is -2.14. The highest BCUT2D eigenvalue weighted by molar-refractivity contribution is 6.07. The van der Waals surface area contributed by atoms with E-state index in [1.165, 1.54) is 18.3 Å². The zero-order valence-corrected chi connectivity index (χ0v) is 11.1. The van der Waals surface area contributed by atoms with Gasteiger partial charge in [-0.2, -0.15) is 5.26 Å². The van der Waals surface area contributed by atoms with Crippen molar-refractivity contribution in [3.05, 3.63) is 47.9 Å². The van der Waals surface area contributed by atoms with Crippen LogP contribution in [0.2, 0.25) is 0 Å². The first kappa shape index (κ1) is 14.1. The van der Waals surface area contributed by atoms with Crippen LogP contribution in [0.25, 0.3) is 0 Å². The van der Waals surface area contributed by atoms with E-state index in [4.69, 9.17) is 9.78 Å². The first-order chi connectivity index (χ1) is 10.1. The van der Waals surface area contributed by atoms with E-state index in [1.807, 2.05) is 0 Å². The van der Waals surface area contributed by atoms with Gasteiger partial charge in [0, 0.05) is 12.3 Å². The van der Waals surface area contributed by atoms with Crippen LogP contribution in [0, 0.1) is 18.3 Å². The topological polar surface area (TPSA) is 111 Å². The molecule has 3 N–H and O–H groups in total. The van der Waals surface area contributed by atoms with Crippen LogP contribution in [0.3, 0.4) is 0 Å². The molecule has 0 fully saturated rings. The van der Waals surface area contributed by atoms with Crippen molar-refractivity contribution in [2.45, 2.75) is 6.92 Å². The molecular weight excluding hydrogens is 272 g/mol. The number of nitriles is 1. The first-order valence-corrected chi connectivity index (χ1v) is 5.99. The molecule has 21 heavy (non-hydrogen) atoms.